The lowest BCUT2D eigenvalue weighted by atomic mass is 9.91. The Morgan fingerprint density at radius 2 is 1.85 bits per heavy atom. The van der Waals surface area contributed by atoms with Gasteiger partial charge in [0.25, 0.3) is 5.56 Å². The lowest BCUT2D eigenvalue weighted by Crippen LogP contribution is -2.22. The summed E-state index contributed by atoms with van der Waals surface area (Å²) in [4.78, 5) is 12.4. The van der Waals surface area contributed by atoms with Gasteiger partial charge in [0.1, 0.15) is 5.69 Å². The number of hydrogen-bond donors (Lipinski definition) is 1. The Hall–Kier alpha value is -1.68. The van der Waals surface area contributed by atoms with Gasteiger partial charge in [0.2, 0.25) is 0 Å². The molecule has 0 aliphatic carbocycles. The summed E-state index contributed by atoms with van der Waals surface area (Å²) < 4.78 is 3.36. The highest BCUT2D eigenvalue weighted by Gasteiger charge is 2.26. The fourth-order valence-electron chi connectivity index (χ4n) is 2.52. The average molecular weight is 294 g/mol. The van der Waals surface area contributed by atoms with E-state index in [4.69, 9.17) is 17.3 Å². The average Bonchev–Trinajstić information content (AvgIpc) is 2.54. The zero-order valence-corrected chi connectivity index (χ0v) is 13.2. The maximum Gasteiger partial charge on any atom is 0.294 e. The molecular weight excluding hydrogens is 274 g/mol. The lowest BCUT2D eigenvalue weighted by Gasteiger charge is -2.21. The largest absolute Gasteiger partial charge is 0.393 e. The van der Waals surface area contributed by atoms with E-state index in [0.29, 0.717) is 5.02 Å². The van der Waals surface area contributed by atoms with Crippen LogP contribution in [-0.4, -0.2) is 9.36 Å². The smallest absolute Gasteiger partial charge is 0.294 e. The van der Waals surface area contributed by atoms with Gasteiger partial charge in [-0.2, -0.15) is 0 Å². The molecule has 0 amide bonds. The summed E-state index contributed by atoms with van der Waals surface area (Å²) in [5.41, 5.74) is 8.39. The number of benzene rings is 1. The molecule has 0 radical (unpaired) electrons. The topological polar surface area (TPSA) is 52.9 Å². The molecule has 20 heavy (non-hydrogen) atoms. The third kappa shape index (κ3) is 2.24. The molecule has 1 aromatic heterocycles. The minimum absolute atomic E-state index is 0.211. The van der Waals surface area contributed by atoms with Crippen LogP contribution < -0.4 is 11.3 Å². The minimum Gasteiger partial charge on any atom is -0.393 e. The summed E-state index contributed by atoms with van der Waals surface area (Å²) in [6.45, 7) is 8.02. The third-order valence-electron chi connectivity index (χ3n) is 3.41. The van der Waals surface area contributed by atoms with Crippen LogP contribution in [0.15, 0.2) is 23.0 Å². The molecule has 1 heterocycles. The Balaban J connectivity index is 2.76. The van der Waals surface area contributed by atoms with E-state index in [-0.39, 0.29) is 16.7 Å². The van der Waals surface area contributed by atoms with Gasteiger partial charge in [-0.15, -0.1) is 0 Å². The number of aryl methyl sites for hydroxylation is 1. The van der Waals surface area contributed by atoms with Crippen molar-refractivity contribution in [1.29, 1.82) is 0 Å². The Labute approximate surface area is 123 Å². The summed E-state index contributed by atoms with van der Waals surface area (Å²) in [6.07, 6.45) is 0. The van der Waals surface area contributed by atoms with Gasteiger partial charge in [0.15, 0.2) is 0 Å². The van der Waals surface area contributed by atoms with Crippen LogP contribution in [0.2, 0.25) is 5.02 Å². The molecule has 2 N–H and O–H groups in total. The summed E-state index contributed by atoms with van der Waals surface area (Å²) in [5.74, 6) is 0. The number of nitrogens with two attached hydrogens (primary N) is 1. The highest BCUT2D eigenvalue weighted by atomic mass is 35.5. The van der Waals surface area contributed by atoms with E-state index >= 15 is 0 Å². The molecule has 0 aliphatic heterocycles. The van der Waals surface area contributed by atoms with Crippen molar-refractivity contribution in [2.45, 2.75) is 33.1 Å². The predicted molar refractivity (Wildman–Crippen MR) is 83.9 cm³/mol. The Morgan fingerprint density at radius 1 is 1.25 bits per heavy atom. The van der Waals surface area contributed by atoms with Gasteiger partial charge in [-0.25, -0.2) is 4.68 Å². The van der Waals surface area contributed by atoms with Gasteiger partial charge in [-0.05, 0) is 24.6 Å². The van der Waals surface area contributed by atoms with Crippen molar-refractivity contribution >= 4 is 17.3 Å². The van der Waals surface area contributed by atoms with Crippen LogP contribution >= 0.6 is 11.6 Å². The Bertz CT molecular complexity index is 720. The summed E-state index contributed by atoms with van der Waals surface area (Å²) in [5, 5.41) is 0.631. The first kappa shape index (κ1) is 14.7. The van der Waals surface area contributed by atoms with Crippen LogP contribution in [0, 0.1) is 6.92 Å². The monoisotopic (exact) mass is 293 g/mol. The van der Waals surface area contributed by atoms with E-state index in [1.807, 2.05) is 46.9 Å². The minimum atomic E-state index is -0.211. The first-order chi connectivity index (χ1) is 9.14. The van der Waals surface area contributed by atoms with Crippen molar-refractivity contribution in [3.05, 3.63) is 44.8 Å². The molecule has 2 rings (SSSR count). The molecular formula is C15H20ClN3O. The van der Waals surface area contributed by atoms with E-state index in [0.717, 1.165) is 16.9 Å². The maximum absolute atomic E-state index is 12.4. The standard InChI is InChI=1S/C15H20ClN3O/c1-9-6-7-10(8-11(9)16)19-14(20)12(17)13(18(19)5)15(2,3)4/h6-8H,17H2,1-5H3. The summed E-state index contributed by atoms with van der Waals surface area (Å²) in [6, 6.07) is 5.54. The zero-order valence-electron chi connectivity index (χ0n) is 12.5. The number of rotatable bonds is 1. The van der Waals surface area contributed by atoms with Crippen molar-refractivity contribution in [3.63, 3.8) is 0 Å². The highest BCUT2D eigenvalue weighted by Crippen LogP contribution is 2.27. The van der Waals surface area contributed by atoms with Crippen LogP contribution in [0.3, 0.4) is 0 Å². The number of anilines is 1. The van der Waals surface area contributed by atoms with Crippen molar-refractivity contribution < 1.29 is 0 Å². The SMILES string of the molecule is Cc1ccc(-n2c(=O)c(N)c(C(C)(C)C)n2C)cc1Cl. The van der Waals surface area contributed by atoms with Crippen LogP contribution in [0.1, 0.15) is 32.0 Å². The van der Waals surface area contributed by atoms with Crippen molar-refractivity contribution in [1.82, 2.24) is 9.36 Å². The molecule has 0 unspecified atom stereocenters. The molecule has 2 aromatic rings. The molecule has 0 atom stereocenters. The van der Waals surface area contributed by atoms with Gasteiger partial charge in [0.05, 0.1) is 11.4 Å². The highest BCUT2D eigenvalue weighted by molar-refractivity contribution is 6.31. The number of nitrogen functional groups attached to an aromatic ring is 1. The molecule has 0 bridgehead atoms. The first-order valence-corrected chi connectivity index (χ1v) is 6.87. The second kappa shape index (κ2) is 4.70. The van der Waals surface area contributed by atoms with Crippen LogP contribution in [-0.2, 0) is 12.5 Å². The zero-order chi connectivity index (χ0) is 15.2. The van der Waals surface area contributed by atoms with Crippen molar-refractivity contribution in [2.24, 2.45) is 7.05 Å². The molecule has 0 fully saturated rings. The van der Waals surface area contributed by atoms with E-state index in [1.165, 1.54) is 0 Å². The molecule has 0 spiro atoms. The molecule has 5 heteroatoms. The number of aromatic nitrogens is 2. The molecule has 0 aliphatic rings. The normalized spacial score (nSPS) is 11.9. The number of nitrogens with zero attached hydrogens (tertiary/aromatic N) is 2. The lowest BCUT2D eigenvalue weighted by molar-refractivity contribution is 0.501. The molecule has 108 valence electrons. The second-order valence-corrected chi connectivity index (χ2v) is 6.49. The summed E-state index contributed by atoms with van der Waals surface area (Å²) >= 11 is 6.15. The van der Waals surface area contributed by atoms with Gasteiger partial charge >= 0.3 is 0 Å². The fourth-order valence-corrected chi connectivity index (χ4v) is 2.69. The van der Waals surface area contributed by atoms with Crippen LogP contribution in [0.25, 0.3) is 5.69 Å². The van der Waals surface area contributed by atoms with E-state index in [2.05, 4.69) is 0 Å². The molecule has 0 saturated carbocycles. The third-order valence-corrected chi connectivity index (χ3v) is 3.82. The van der Waals surface area contributed by atoms with Gasteiger partial charge < -0.3 is 5.73 Å². The second-order valence-electron chi connectivity index (χ2n) is 6.09. The van der Waals surface area contributed by atoms with E-state index < -0.39 is 0 Å². The van der Waals surface area contributed by atoms with Gasteiger partial charge in [-0.3, -0.25) is 9.48 Å². The summed E-state index contributed by atoms with van der Waals surface area (Å²) in [7, 11) is 1.84. The van der Waals surface area contributed by atoms with Crippen LogP contribution in [0.5, 0.6) is 0 Å². The fraction of sp³-hybridized carbons (Fsp3) is 0.400. The van der Waals surface area contributed by atoms with E-state index in [1.54, 1.807) is 15.4 Å². The Morgan fingerprint density at radius 3 is 2.30 bits per heavy atom. The van der Waals surface area contributed by atoms with E-state index in [9.17, 15) is 4.79 Å². The van der Waals surface area contributed by atoms with Crippen molar-refractivity contribution in [2.75, 3.05) is 5.73 Å². The van der Waals surface area contributed by atoms with Gasteiger partial charge in [-0.1, -0.05) is 38.4 Å². The Kier molecular flexibility index (Phi) is 3.46. The quantitative estimate of drug-likeness (QED) is 0.879. The molecule has 1 aromatic carbocycles. The molecule has 4 nitrogen and oxygen atoms in total. The predicted octanol–water partition coefficient (Wildman–Crippen LogP) is 3.02. The first-order valence-electron chi connectivity index (χ1n) is 6.49. The number of halogens is 1. The maximum atomic E-state index is 12.4. The van der Waals surface area contributed by atoms with Crippen LogP contribution in [0.4, 0.5) is 5.69 Å². The van der Waals surface area contributed by atoms with Gasteiger partial charge in [0, 0.05) is 17.5 Å². The number of hydrogen-bond acceptors (Lipinski definition) is 2. The molecule has 0 saturated heterocycles. The van der Waals surface area contributed by atoms with Crippen molar-refractivity contribution in [3.8, 4) is 5.69 Å².